The molecule has 1 amide bonds. The van der Waals surface area contributed by atoms with Crippen LogP contribution < -0.4 is 9.08 Å². The number of carbonyl (C=O) groups excluding carboxylic acids is 1. The van der Waals surface area contributed by atoms with Crippen molar-refractivity contribution in [2.24, 2.45) is 0 Å². The molecule has 0 aliphatic rings. The lowest BCUT2D eigenvalue weighted by Gasteiger charge is -2.25. The van der Waals surface area contributed by atoms with Crippen LogP contribution in [0.1, 0.15) is 29.1 Å². The summed E-state index contributed by atoms with van der Waals surface area (Å²) in [5, 5.41) is 2.17. The standard InChI is InChI=1S/C25H28Cl2N2O5S2/c1-4-28(5-2)19-9-8-18(17-29(12-13-33-3)25(30)24-7-6-14-35-24)23(15-19)34-36(31,32)20-10-11-21(26)22(27)16-20/h6-11,14-16H,4-5,12-13,17H2,1-3H3. The second kappa shape index (κ2) is 12.8. The topological polar surface area (TPSA) is 76.2 Å². The minimum absolute atomic E-state index is 0.103. The van der Waals surface area contributed by atoms with Crippen molar-refractivity contribution in [3.05, 3.63) is 74.4 Å². The highest BCUT2D eigenvalue weighted by molar-refractivity contribution is 7.87. The van der Waals surface area contributed by atoms with Crippen molar-refractivity contribution in [1.29, 1.82) is 0 Å². The lowest BCUT2D eigenvalue weighted by atomic mass is 10.1. The molecule has 3 rings (SSSR count). The zero-order valence-electron chi connectivity index (χ0n) is 20.2. The first-order valence-electron chi connectivity index (χ1n) is 11.3. The maximum absolute atomic E-state index is 13.2. The van der Waals surface area contributed by atoms with Gasteiger partial charge in [-0.2, -0.15) is 8.42 Å². The number of nitrogens with zero attached hydrogens (tertiary/aromatic N) is 2. The predicted molar refractivity (Wildman–Crippen MR) is 145 cm³/mol. The van der Waals surface area contributed by atoms with Crippen LogP contribution in [0.5, 0.6) is 5.75 Å². The molecule has 0 saturated heterocycles. The molecule has 0 aliphatic heterocycles. The molecule has 3 aromatic rings. The molecule has 0 fully saturated rings. The summed E-state index contributed by atoms with van der Waals surface area (Å²) in [4.78, 5) is 17.3. The molecular formula is C25H28Cl2N2O5S2. The third-order valence-electron chi connectivity index (χ3n) is 5.50. The highest BCUT2D eigenvalue weighted by atomic mass is 35.5. The fraction of sp³-hybridized carbons (Fsp3) is 0.320. The summed E-state index contributed by atoms with van der Waals surface area (Å²) in [6.45, 7) is 6.26. The molecule has 194 valence electrons. The molecule has 0 spiro atoms. The van der Waals surface area contributed by atoms with E-state index in [-0.39, 0.29) is 33.1 Å². The summed E-state index contributed by atoms with van der Waals surface area (Å²) in [6.07, 6.45) is 0. The highest BCUT2D eigenvalue weighted by Crippen LogP contribution is 2.32. The number of hydrogen-bond donors (Lipinski definition) is 0. The molecule has 1 aromatic heterocycles. The van der Waals surface area contributed by atoms with E-state index in [1.54, 1.807) is 30.2 Å². The van der Waals surface area contributed by atoms with Gasteiger partial charge in [-0.15, -0.1) is 11.3 Å². The van der Waals surface area contributed by atoms with Crippen molar-refractivity contribution in [2.45, 2.75) is 25.3 Å². The summed E-state index contributed by atoms with van der Waals surface area (Å²) in [7, 11) is -2.67. The van der Waals surface area contributed by atoms with Gasteiger partial charge < -0.3 is 18.7 Å². The Morgan fingerprint density at radius 3 is 2.39 bits per heavy atom. The van der Waals surface area contributed by atoms with E-state index in [4.69, 9.17) is 32.1 Å². The number of benzene rings is 2. The fourth-order valence-corrected chi connectivity index (χ4v) is 5.59. The Kier molecular flexibility index (Phi) is 10.0. The van der Waals surface area contributed by atoms with E-state index < -0.39 is 10.1 Å². The van der Waals surface area contributed by atoms with Gasteiger partial charge in [0.25, 0.3) is 5.91 Å². The summed E-state index contributed by atoms with van der Waals surface area (Å²) in [5.41, 5.74) is 1.34. The van der Waals surface area contributed by atoms with Crippen LogP contribution in [0.25, 0.3) is 0 Å². The summed E-state index contributed by atoms with van der Waals surface area (Å²) in [5.74, 6) is -0.0416. The SMILES string of the molecule is CCN(CC)c1ccc(CN(CCOC)C(=O)c2cccs2)c(OS(=O)(=O)c2ccc(Cl)c(Cl)c2)c1. The van der Waals surface area contributed by atoms with E-state index >= 15 is 0 Å². The molecule has 1 heterocycles. The molecule has 0 aliphatic carbocycles. The van der Waals surface area contributed by atoms with Gasteiger partial charge in [0, 0.05) is 50.6 Å². The molecule has 0 N–H and O–H groups in total. The Bertz CT molecular complexity index is 1280. The first kappa shape index (κ1) is 28.3. The van der Waals surface area contributed by atoms with Crippen LogP contribution in [0.3, 0.4) is 0 Å². The number of halogens is 2. The van der Waals surface area contributed by atoms with Crippen LogP contribution in [0.4, 0.5) is 5.69 Å². The Morgan fingerprint density at radius 1 is 1.03 bits per heavy atom. The zero-order chi connectivity index (χ0) is 26.3. The first-order valence-corrected chi connectivity index (χ1v) is 14.3. The van der Waals surface area contributed by atoms with Crippen molar-refractivity contribution < 1.29 is 22.1 Å². The molecule has 11 heteroatoms. The normalized spacial score (nSPS) is 11.4. The van der Waals surface area contributed by atoms with Gasteiger partial charge in [-0.1, -0.05) is 35.3 Å². The van der Waals surface area contributed by atoms with E-state index in [1.807, 2.05) is 31.4 Å². The lowest BCUT2D eigenvalue weighted by Crippen LogP contribution is -2.33. The second-order valence-electron chi connectivity index (χ2n) is 7.77. The summed E-state index contributed by atoms with van der Waals surface area (Å²) in [6, 6.07) is 12.9. The Balaban J connectivity index is 2.02. The Hall–Kier alpha value is -2.30. The maximum Gasteiger partial charge on any atom is 0.339 e. The average molecular weight is 572 g/mol. The molecule has 0 bridgehead atoms. The molecule has 0 unspecified atom stereocenters. The number of rotatable bonds is 12. The van der Waals surface area contributed by atoms with Crippen molar-refractivity contribution >= 4 is 56.3 Å². The van der Waals surface area contributed by atoms with Crippen LogP contribution in [-0.4, -0.2) is 52.6 Å². The van der Waals surface area contributed by atoms with E-state index in [0.29, 0.717) is 23.6 Å². The van der Waals surface area contributed by atoms with Gasteiger partial charge in [0.05, 0.1) is 21.5 Å². The fourth-order valence-electron chi connectivity index (χ4n) is 3.55. The van der Waals surface area contributed by atoms with Crippen LogP contribution in [0, 0.1) is 0 Å². The molecule has 2 aromatic carbocycles. The van der Waals surface area contributed by atoms with Gasteiger partial charge in [0.15, 0.2) is 0 Å². The Labute approximate surface area is 226 Å². The predicted octanol–water partition coefficient (Wildman–Crippen LogP) is 5.96. The van der Waals surface area contributed by atoms with E-state index in [2.05, 4.69) is 4.90 Å². The average Bonchev–Trinajstić information content (AvgIpc) is 3.40. The largest absolute Gasteiger partial charge is 0.383 e. The number of anilines is 1. The summed E-state index contributed by atoms with van der Waals surface area (Å²) >= 11 is 13.3. The zero-order valence-corrected chi connectivity index (χ0v) is 23.4. The van der Waals surface area contributed by atoms with Crippen LogP contribution in [0.15, 0.2) is 58.8 Å². The minimum atomic E-state index is -4.23. The summed E-state index contributed by atoms with van der Waals surface area (Å²) < 4.78 is 37.2. The minimum Gasteiger partial charge on any atom is -0.383 e. The van der Waals surface area contributed by atoms with Crippen molar-refractivity contribution in [3.8, 4) is 5.75 Å². The number of ether oxygens (including phenoxy) is 1. The molecule has 0 radical (unpaired) electrons. The van der Waals surface area contributed by atoms with Gasteiger partial charge in [-0.05, 0) is 49.6 Å². The van der Waals surface area contributed by atoms with E-state index in [9.17, 15) is 13.2 Å². The van der Waals surface area contributed by atoms with Crippen LogP contribution >= 0.6 is 34.5 Å². The number of carbonyl (C=O) groups is 1. The maximum atomic E-state index is 13.2. The number of methoxy groups -OCH3 is 1. The van der Waals surface area contributed by atoms with Crippen molar-refractivity contribution in [2.75, 3.05) is 38.3 Å². The quantitative estimate of drug-likeness (QED) is 0.250. The smallest absolute Gasteiger partial charge is 0.339 e. The van der Waals surface area contributed by atoms with Gasteiger partial charge in [0.2, 0.25) is 0 Å². The molecule has 7 nitrogen and oxygen atoms in total. The first-order chi connectivity index (χ1) is 17.2. The lowest BCUT2D eigenvalue weighted by molar-refractivity contribution is 0.0684. The van der Waals surface area contributed by atoms with E-state index in [0.717, 1.165) is 18.8 Å². The number of thiophene rings is 1. The second-order valence-corrected chi connectivity index (χ2v) is 11.1. The van der Waals surface area contributed by atoms with Gasteiger partial charge >= 0.3 is 10.1 Å². The third-order valence-corrected chi connectivity index (χ3v) is 8.33. The Morgan fingerprint density at radius 2 is 1.78 bits per heavy atom. The van der Waals surface area contributed by atoms with Gasteiger partial charge in [0.1, 0.15) is 10.6 Å². The number of hydrogen-bond acceptors (Lipinski definition) is 7. The molecule has 36 heavy (non-hydrogen) atoms. The van der Waals surface area contributed by atoms with Gasteiger partial charge in [-0.3, -0.25) is 4.79 Å². The van der Waals surface area contributed by atoms with Crippen LogP contribution in [-0.2, 0) is 21.4 Å². The van der Waals surface area contributed by atoms with Crippen molar-refractivity contribution in [3.63, 3.8) is 0 Å². The monoisotopic (exact) mass is 570 g/mol. The van der Waals surface area contributed by atoms with Crippen molar-refractivity contribution in [1.82, 2.24) is 4.90 Å². The highest BCUT2D eigenvalue weighted by Gasteiger charge is 2.24. The van der Waals surface area contributed by atoms with E-state index in [1.165, 1.54) is 29.5 Å². The third kappa shape index (κ3) is 6.92. The molecule has 0 saturated carbocycles. The van der Waals surface area contributed by atoms with Crippen LogP contribution in [0.2, 0.25) is 10.0 Å². The van der Waals surface area contributed by atoms with Gasteiger partial charge in [-0.25, -0.2) is 0 Å². The molecular weight excluding hydrogens is 543 g/mol. The molecule has 0 atom stereocenters. The number of amides is 1.